The molecule has 0 fully saturated rings. The van der Waals surface area contributed by atoms with E-state index < -0.39 is 10.8 Å². The summed E-state index contributed by atoms with van der Waals surface area (Å²) < 4.78 is 1.98. The van der Waals surface area contributed by atoms with Crippen molar-refractivity contribution in [1.82, 2.24) is 9.99 Å². The van der Waals surface area contributed by atoms with E-state index in [1.807, 2.05) is 42.1 Å². The van der Waals surface area contributed by atoms with E-state index in [1.54, 1.807) is 6.21 Å². The van der Waals surface area contributed by atoms with Gasteiger partial charge in [-0.05, 0) is 18.2 Å². The van der Waals surface area contributed by atoms with Crippen LogP contribution >= 0.6 is 0 Å². The Morgan fingerprint density at radius 1 is 1.21 bits per heavy atom. The number of carbonyl (C=O) groups excluding carboxylic acids is 1. The molecule has 3 aromatic rings. The molecule has 0 aliphatic heterocycles. The molecular formula is C17H14N4O3. The number of nitro groups is 1. The number of hydrogen-bond acceptors (Lipinski definition) is 4. The summed E-state index contributed by atoms with van der Waals surface area (Å²) in [7, 11) is 1.94. The highest BCUT2D eigenvalue weighted by Gasteiger charge is 2.09. The molecule has 0 bridgehead atoms. The summed E-state index contributed by atoms with van der Waals surface area (Å²) in [5, 5.41) is 15.6. The second-order valence-corrected chi connectivity index (χ2v) is 5.22. The fraction of sp³-hybridized carbons (Fsp3) is 0.0588. The number of amides is 1. The molecule has 0 unspecified atom stereocenters. The Balaban J connectivity index is 1.73. The Morgan fingerprint density at radius 2 is 1.92 bits per heavy atom. The van der Waals surface area contributed by atoms with Crippen LogP contribution in [0.1, 0.15) is 15.9 Å². The third kappa shape index (κ3) is 3.00. The van der Waals surface area contributed by atoms with Gasteiger partial charge in [0.2, 0.25) is 0 Å². The predicted molar refractivity (Wildman–Crippen MR) is 91.1 cm³/mol. The third-order valence-electron chi connectivity index (χ3n) is 3.64. The number of nitrogens with one attached hydrogen (secondary N) is 1. The molecule has 7 nitrogen and oxygen atoms in total. The van der Waals surface area contributed by atoms with E-state index in [2.05, 4.69) is 10.5 Å². The van der Waals surface area contributed by atoms with Gasteiger partial charge in [0, 0.05) is 47.4 Å². The smallest absolute Gasteiger partial charge is 0.271 e. The fourth-order valence-electron chi connectivity index (χ4n) is 2.44. The first-order valence-corrected chi connectivity index (χ1v) is 7.18. The largest absolute Gasteiger partial charge is 0.350 e. The molecule has 120 valence electrons. The maximum absolute atomic E-state index is 12.0. The van der Waals surface area contributed by atoms with Crippen molar-refractivity contribution in [1.29, 1.82) is 0 Å². The second kappa shape index (κ2) is 6.33. The van der Waals surface area contributed by atoms with Crippen LogP contribution in [0.2, 0.25) is 0 Å². The molecule has 0 aliphatic rings. The number of para-hydroxylation sites is 1. The molecule has 1 amide bonds. The van der Waals surface area contributed by atoms with Crippen molar-refractivity contribution >= 4 is 28.7 Å². The van der Waals surface area contributed by atoms with Crippen LogP contribution in [0.4, 0.5) is 5.69 Å². The number of carbonyl (C=O) groups is 1. The van der Waals surface area contributed by atoms with E-state index in [0.717, 1.165) is 16.5 Å². The summed E-state index contributed by atoms with van der Waals surface area (Å²) in [4.78, 5) is 22.1. The van der Waals surface area contributed by atoms with Crippen molar-refractivity contribution in [2.24, 2.45) is 12.1 Å². The van der Waals surface area contributed by atoms with Gasteiger partial charge < -0.3 is 4.57 Å². The minimum Gasteiger partial charge on any atom is -0.350 e. The molecule has 0 radical (unpaired) electrons. The maximum atomic E-state index is 12.0. The molecule has 1 heterocycles. The number of aryl methyl sites for hydroxylation is 1. The number of benzene rings is 2. The molecule has 2 aromatic carbocycles. The van der Waals surface area contributed by atoms with Crippen LogP contribution < -0.4 is 5.43 Å². The summed E-state index contributed by atoms with van der Waals surface area (Å²) in [5.41, 5.74) is 4.62. The molecule has 0 saturated carbocycles. The zero-order chi connectivity index (χ0) is 17.1. The van der Waals surface area contributed by atoms with Crippen molar-refractivity contribution in [2.45, 2.75) is 0 Å². The van der Waals surface area contributed by atoms with E-state index in [-0.39, 0.29) is 5.69 Å². The Labute approximate surface area is 137 Å². The van der Waals surface area contributed by atoms with E-state index in [0.29, 0.717) is 5.56 Å². The van der Waals surface area contributed by atoms with Crippen molar-refractivity contribution in [2.75, 3.05) is 0 Å². The average Bonchev–Trinajstić information content (AvgIpc) is 2.91. The Hall–Kier alpha value is -3.48. The van der Waals surface area contributed by atoms with Gasteiger partial charge in [-0.1, -0.05) is 18.2 Å². The monoisotopic (exact) mass is 322 g/mol. The second-order valence-electron chi connectivity index (χ2n) is 5.22. The molecule has 1 aromatic heterocycles. The highest BCUT2D eigenvalue weighted by Crippen LogP contribution is 2.18. The van der Waals surface area contributed by atoms with Crippen LogP contribution in [0.3, 0.4) is 0 Å². The minimum atomic E-state index is -0.514. The van der Waals surface area contributed by atoms with Crippen molar-refractivity contribution in [3.63, 3.8) is 0 Å². The average molecular weight is 322 g/mol. The summed E-state index contributed by atoms with van der Waals surface area (Å²) >= 11 is 0. The topological polar surface area (TPSA) is 89.5 Å². The van der Waals surface area contributed by atoms with Crippen LogP contribution in [-0.4, -0.2) is 21.6 Å². The number of hydrogen-bond donors (Lipinski definition) is 1. The van der Waals surface area contributed by atoms with E-state index >= 15 is 0 Å². The molecule has 24 heavy (non-hydrogen) atoms. The number of hydrazone groups is 1. The van der Waals surface area contributed by atoms with Crippen molar-refractivity contribution in [3.8, 4) is 0 Å². The highest BCUT2D eigenvalue weighted by molar-refractivity contribution is 6.00. The van der Waals surface area contributed by atoms with E-state index in [1.165, 1.54) is 24.3 Å². The van der Waals surface area contributed by atoms with Gasteiger partial charge >= 0.3 is 0 Å². The lowest BCUT2D eigenvalue weighted by molar-refractivity contribution is -0.384. The molecule has 0 atom stereocenters. The van der Waals surface area contributed by atoms with E-state index in [9.17, 15) is 14.9 Å². The van der Waals surface area contributed by atoms with Gasteiger partial charge in [0.1, 0.15) is 0 Å². The summed E-state index contributed by atoms with van der Waals surface area (Å²) in [6.07, 6.45) is 3.50. The molecule has 0 saturated heterocycles. The Kier molecular flexibility index (Phi) is 4.07. The normalized spacial score (nSPS) is 11.0. The molecular weight excluding hydrogens is 308 g/mol. The number of aromatic nitrogens is 1. The van der Waals surface area contributed by atoms with Crippen molar-refractivity contribution < 1.29 is 9.72 Å². The molecule has 7 heteroatoms. The van der Waals surface area contributed by atoms with Crippen LogP contribution in [0, 0.1) is 10.1 Å². The van der Waals surface area contributed by atoms with E-state index in [4.69, 9.17) is 0 Å². The standard InChI is InChI=1S/C17H14N4O3/c1-20-11-13(15-4-2-3-5-16(15)20)10-18-19-17(22)12-6-8-14(9-7-12)21(23)24/h2-11H,1H3,(H,19,22)/b18-10-. The van der Waals surface area contributed by atoms with Gasteiger partial charge in [0.25, 0.3) is 11.6 Å². The molecule has 0 spiro atoms. The number of nitrogens with zero attached hydrogens (tertiary/aromatic N) is 3. The maximum Gasteiger partial charge on any atom is 0.271 e. The number of fused-ring (bicyclic) bond motifs is 1. The lowest BCUT2D eigenvalue weighted by Gasteiger charge is -1.99. The highest BCUT2D eigenvalue weighted by atomic mass is 16.6. The van der Waals surface area contributed by atoms with Crippen LogP contribution in [0.25, 0.3) is 10.9 Å². The SMILES string of the molecule is Cn1cc(/C=N\NC(=O)c2ccc([N+](=O)[O-])cc2)c2ccccc21. The summed E-state index contributed by atoms with van der Waals surface area (Å²) in [6.45, 7) is 0. The van der Waals surface area contributed by atoms with Gasteiger partial charge in [-0.25, -0.2) is 5.43 Å². The van der Waals surface area contributed by atoms with Gasteiger partial charge in [0.15, 0.2) is 0 Å². The molecule has 1 N–H and O–H groups in total. The fourth-order valence-corrected chi connectivity index (χ4v) is 2.44. The number of non-ortho nitro benzene ring substituents is 1. The van der Waals surface area contributed by atoms with Crippen LogP contribution in [0.5, 0.6) is 0 Å². The van der Waals surface area contributed by atoms with Crippen LogP contribution in [-0.2, 0) is 7.05 Å². The lowest BCUT2D eigenvalue weighted by Crippen LogP contribution is -2.17. The summed E-state index contributed by atoms with van der Waals surface area (Å²) in [6, 6.07) is 13.2. The quantitative estimate of drug-likeness (QED) is 0.455. The Morgan fingerprint density at radius 3 is 2.62 bits per heavy atom. The predicted octanol–water partition coefficient (Wildman–Crippen LogP) is 2.85. The lowest BCUT2D eigenvalue weighted by atomic mass is 10.2. The van der Waals surface area contributed by atoms with Gasteiger partial charge in [-0.2, -0.15) is 5.10 Å². The number of rotatable bonds is 4. The van der Waals surface area contributed by atoms with Gasteiger partial charge in [-0.15, -0.1) is 0 Å². The summed E-state index contributed by atoms with van der Waals surface area (Å²) in [5.74, 6) is -0.429. The third-order valence-corrected chi connectivity index (χ3v) is 3.64. The van der Waals surface area contributed by atoms with Gasteiger partial charge in [-0.3, -0.25) is 14.9 Å². The van der Waals surface area contributed by atoms with Crippen LogP contribution in [0.15, 0.2) is 59.8 Å². The first kappa shape index (κ1) is 15.4. The zero-order valence-electron chi connectivity index (χ0n) is 12.8. The first-order chi connectivity index (χ1) is 11.6. The Bertz CT molecular complexity index is 942. The molecule has 3 rings (SSSR count). The van der Waals surface area contributed by atoms with Gasteiger partial charge in [0.05, 0.1) is 11.1 Å². The molecule has 0 aliphatic carbocycles. The zero-order valence-corrected chi connectivity index (χ0v) is 12.8. The minimum absolute atomic E-state index is 0.0641. The number of nitro benzene ring substituents is 1. The first-order valence-electron chi connectivity index (χ1n) is 7.18. The van der Waals surface area contributed by atoms with Crippen molar-refractivity contribution in [3.05, 3.63) is 76.0 Å².